The van der Waals surface area contributed by atoms with Crippen molar-refractivity contribution < 1.29 is 14.3 Å². The molecular weight excluding hydrogens is 272 g/mol. The van der Waals surface area contributed by atoms with E-state index in [1.165, 1.54) is 11.9 Å². The first-order valence-electron chi connectivity index (χ1n) is 6.43. The Labute approximate surface area is 120 Å². The summed E-state index contributed by atoms with van der Waals surface area (Å²) < 4.78 is 5.32. The summed E-state index contributed by atoms with van der Waals surface area (Å²) in [6.45, 7) is 1.83. The summed E-state index contributed by atoms with van der Waals surface area (Å²) in [7, 11) is 1.48. The molecule has 7 heteroatoms. The number of benzene rings is 1. The number of fused-ring (bicyclic) bond motifs is 3. The van der Waals surface area contributed by atoms with Gasteiger partial charge in [0.15, 0.2) is 11.4 Å². The van der Waals surface area contributed by atoms with Crippen LogP contribution in [0.3, 0.4) is 0 Å². The summed E-state index contributed by atoms with van der Waals surface area (Å²) in [5.74, 6) is -1.23. The van der Waals surface area contributed by atoms with Crippen LogP contribution < -0.4 is 5.73 Å². The van der Waals surface area contributed by atoms with Gasteiger partial charge in [0, 0.05) is 24.8 Å². The molecule has 108 valence electrons. The number of aromatic nitrogens is 3. The third-order valence-corrected chi connectivity index (χ3v) is 3.70. The van der Waals surface area contributed by atoms with Crippen molar-refractivity contribution in [1.82, 2.24) is 15.0 Å². The molecule has 1 heterocycles. The largest absolute Gasteiger partial charge is 0.354 e. The van der Waals surface area contributed by atoms with Gasteiger partial charge < -0.3 is 10.5 Å². The Morgan fingerprint density at radius 3 is 2.38 bits per heavy atom. The van der Waals surface area contributed by atoms with Crippen LogP contribution in [0, 0.1) is 0 Å². The fraction of sp³-hybridized carbons (Fsp3) is 0.286. The van der Waals surface area contributed by atoms with E-state index in [2.05, 4.69) is 10.2 Å². The predicted octanol–water partition coefficient (Wildman–Crippen LogP) is 0.602. The molecule has 1 unspecified atom stereocenters. The molecule has 1 atom stereocenters. The van der Waals surface area contributed by atoms with Crippen molar-refractivity contribution in [2.45, 2.75) is 12.6 Å². The minimum absolute atomic E-state index is 0.0374. The fourth-order valence-electron chi connectivity index (χ4n) is 2.22. The fourth-order valence-corrected chi connectivity index (χ4v) is 2.22. The second-order valence-electron chi connectivity index (χ2n) is 4.97. The lowest BCUT2D eigenvalue weighted by Gasteiger charge is -2.24. The molecule has 2 aromatic rings. The zero-order valence-electron chi connectivity index (χ0n) is 11.7. The number of nitrogens with two attached hydrogens (primary N) is 1. The van der Waals surface area contributed by atoms with Gasteiger partial charge in [0.1, 0.15) is 5.69 Å². The summed E-state index contributed by atoms with van der Waals surface area (Å²) in [5, 5.41) is 8.44. The monoisotopic (exact) mass is 286 g/mol. The Bertz CT molecular complexity index is 746. The third-order valence-electron chi connectivity index (χ3n) is 3.70. The summed E-state index contributed by atoms with van der Waals surface area (Å²) in [6, 6.07) is 6.84. The first-order chi connectivity index (χ1) is 10.0. The Balaban J connectivity index is 2.24. The lowest BCUT2D eigenvalue weighted by molar-refractivity contribution is -0.0740. The van der Waals surface area contributed by atoms with Crippen LogP contribution in [0.5, 0.6) is 0 Å². The molecule has 0 aliphatic heterocycles. The van der Waals surface area contributed by atoms with Gasteiger partial charge >= 0.3 is 0 Å². The van der Waals surface area contributed by atoms with Gasteiger partial charge in [-0.1, -0.05) is 24.3 Å². The van der Waals surface area contributed by atoms with Crippen molar-refractivity contribution >= 4 is 11.6 Å². The highest BCUT2D eigenvalue weighted by molar-refractivity contribution is 6.52. The number of ketones is 2. The molecule has 1 aromatic carbocycles. The van der Waals surface area contributed by atoms with Gasteiger partial charge in [-0.2, -0.15) is 0 Å². The minimum Gasteiger partial charge on any atom is -0.354 e. The van der Waals surface area contributed by atoms with Crippen LogP contribution in [0.2, 0.25) is 0 Å². The van der Waals surface area contributed by atoms with Crippen LogP contribution in [-0.2, 0) is 10.5 Å². The van der Waals surface area contributed by atoms with Crippen molar-refractivity contribution in [3.8, 4) is 11.3 Å². The van der Waals surface area contributed by atoms with Crippen molar-refractivity contribution in [3.63, 3.8) is 0 Å². The van der Waals surface area contributed by atoms with Crippen LogP contribution in [-0.4, -0.2) is 40.2 Å². The number of Topliss-reactive ketones (excluding diaryl/α,β-unsaturated/α-hetero) is 2. The average molecular weight is 286 g/mol. The first-order valence-corrected chi connectivity index (χ1v) is 6.43. The number of nitrogens with zero attached hydrogens (tertiary/aromatic N) is 3. The maximum absolute atomic E-state index is 12.2. The van der Waals surface area contributed by atoms with Gasteiger partial charge in [-0.25, -0.2) is 0 Å². The maximum Gasteiger partial charge on any atom is 0.256 e. The normalized spacial score (nSPS) is 16.3. The molecule has 0 saturated carbocycles. The second kappa shape index (κ2) is 4.57. The van der Waals surface area contributed by atoms with Crippen LogP contribution in [0.4, 0.5) is 0 Å². The van der Waals surface area contributed by atoms with Crippen molar-refractivity contribution in [3.05, 3.63) is 35.5 Å². The standard InChI is InChI=1S/C14H14N4O3/c1-14(7-15,21-2)18-16-10-8-5-3-4-6-9(8)12(19)13(20)11(10)17-18/h3-6H,7,15H2,1-2H3. The third kappa shape index (κ3) is 1.82. The molecule has 1 aliphatic carbocycles. The van der Waals surface area contributed by atoms with E-state index in [1.54, 1.807) is 31.2 Å². The number of methoxy groups -OCH3 is 1. The highest BCUT2D eigenvalue weighted by Crippen LogP contribution is 2.31. The van der Waals surface area contributed by atoms with E-state index in [0.29, 0.717) is 16.8 Å². The molecule has 0 fully saturated rings. The highest BCUT2D eigenvalue weighted by Gasteiger charge is 2.37. The number of ether oxygens (including phenoxy) is 1. The average Bonchev–Trinajstić information content (AvgIpc) is 2.98. The van der Waals surface area contributed by atoms with Crippen molar-refractivity contribution in [2.75, 3.05) is 13.7 Å². The first kappa shape index (κ1) is 13.6. The van der Waals surface area contributed by atoms with Crippen LogP contribution in [0.1, 0.15) is 27.8 Å². The molecule has 3 rings (SSSR count). The van der Waals surface area contributed by atoms with E-state index >= 15 is 0 Å². The van der Waals surface area contributed by atoms with Crippen molar-refractivity contribution in [2.24, 2.45) is 5.73 Å². The Morgan fingerprint density at radius 2 is 1.76 bits per heavy atom. The molecule has 0 saturated heterocycles. The summed E-state index contributed by atoms with van der Waals surface area (Å²) >= 11 is 0. The molecule has 2 N–H and O–H groups in total. The maximum atomic E-state index is 12.2. The van der Waals surface area contributed by atoms with Crippen LogP contribution in [0.25, 0.3) is 11.3 Å². The molecule has 0 spiro atoms. The van der Waals surface area contributed by atoms with E-state index in [0.717, 1.165) is 0 Å². The number of hydrogen-bond acceptors (Lipinski definition) is 6. The Morgan fingerprint density at radius 1 is 1.14 bits per heavy atom. The highest BCUT2D eigenvalue weighted by atomic mass is 16.5. The van der Waals surface area contributed by atoms with Gasteiger partial charge in [0.25, 0.3) is 5.78 Å². The number of hydrogen-bond donors (Lipinski definition) is 1. The molecule has 1 aliphatic rings. The van der Waals surface area contributed by atoms with Gasteiger partial charge in [0.2, 0.25) is 5.78 Å². The summed E-state index contributed by atoms with van der Waals surface area (Å²) in [4.78, 5) is 25.5. The van der Waals surface area contributed by atoms with E-state index in [-0.39, 0.29) is 12.2 Å². The molecule has 21 heavy (non-hydrogen) atoms. The molecular formula is C14H14N4O3. The summed E-state index contributed by atoms with van der Waals surface area (Å²) in [5.41, 5.74) is 6.07. The molecule has 1 aromatic heterocycles. The van der Waals surface area contributed by atoms with E-state index < -0.39 is 17.3 Å². The lowest BCUT2D eigenvalue weighted by Crippen LogP contribution is -2.41. The van der Waals surface area contributed by atoms with Crippen molar-refractivity contribution in [1.29, 1.82) is 0 Å². The van der Waals surface area contributed by atoms with E-state index in [9.17, 15) is 9.59 Å². The second-order valence-corrected chi connectivity index (χ2v) is 4.97. The van der Waals surface area contributed by atoms with Gasteiger partial charge in [-0.05, 0) is 6.92 Å². The molecule has 0 radical (unpaired) electrons. The van der Waals surface area contributed by atoms with Gasteiger partial charge in [-0.3, -0.25) is 9.59 Å². The number of carbonyl (C=O) groups excluding carboxylic acids is 2. The van der Waals surface area contributed by atoms with Crippen LogP contribution in [0.15, 0.2) is 24.3 Å². The molecule has 0 bridgehead atoms. The Hall–Kier alpha value is -2.38. The van der Waals surface area contributed by atoms with Gasteiger partial charge in [-0.15, -0.1) is 15.0 Å². The van der Waals surface area contributed by atoms with Crippen LogP contribution >= 0.6 is 0 Å². The van der Waals surface area contributed by atoms with Gasteiger partial charge in [0.05, 0.1) is 0 Å². The quantitative estimate of drug-likeness (QED) is 0.829. The number of carbonyl (C=O) groups is 2. The molecule has 7 nitrogen and oxygen atoms in total. The zero-order valence-corrected chi connectivity index (χ0v) is 11.7. The minimum atomic E-state index is -0.977. The smallest absolute Gasteiger partial charge is 0.256 e. The summed E-state index contributed by atoms with van der Waals surface area (Å²) in [6.07, 6.45) is 0. The Kier molecular flexibility index (Phi) is 2.96. The topological polar surface area (TPSA) is 100 Å². The SMILES string of the molecule is COC(C)(CN)n1nc2c(n1)-c1ccccc1C(=O)C2=O. The molecule has 0 amide bonds. The predicted molar refractivity (Wildman–Crippen MR) is 73.8 cm³/mol. The zero-order chi connectivity index (χ0) is 15.2. The lowest BCUT2D eigenvalue weighted by atomic mass is 9.90. The van der Waals surface area contributed by atoms with E-state index in [1.807, 2.05) is 0 Å². The van der Waals surface area contributed by atoms with E-state index in [4.69, 9.17) is 10.5 Å². The number of rotatable bonds is 3.